The monoisotopic (exact) mass is 397 g/mol. The Morgan fingerprint density at radius 3 is 2.27 bits per heavy atom. The van der Waals surface area contributed by atoms with Crippen LogP contribution in [-0.2, 0) is 26.6 Å². The minimum absolute atomic E-state index is 0.0180. The highest BCUT2D eigenvalue weighted by atomic mass is 32.2. The van der Waals surface area contributed by atoms with Crippen LogP contribution in [0.15, 0.2) is 40.3 Å². The molecule has 0 bridgehead atoms. The van der Waals surface area contributed by atoms with E-state index in [2.05, 4.69) is 0 Å². The Balaban J connectivity index is 2.24. The lowest BCUT2D eigenvalue weighted by atomic mass is 10.2. The summed E-state index contributed by atoms with van der Waals surface area (Å²) < 4.78 is 50.6. The predicted molar refractivity (Wildman–Crippen MR) is 94.6 cm³/mol. The van der Waals surface area contributed by atoms with Gasteiger partial charge in [-0.15, -0.1) is 0 Å². The van der Waals surface area contributed by atoms with Gasteiger partial charge in [0, 0.05) is 24.8 Å². The molecule has 0 spiro atoms. The van der Waals surface area contributed by atoms with E-state index in [-0.39, 0.29) is 27.6 Å². The first-order chi connectivity index (χ1) is 12.1. The molecule has 26 heavy (non-hydrogen) atoms. The van der Waals surface area contributed by atoms with Gasteiger partial charge in [0.2, 0.25) is 10.0 Å². The molecule has 0 aliphatic carbocycles. The second kappa shape index (κ2) is 6.22. The van der Waals surface area contributed by atoms with Gasteiger partial charge in [0.25, 0.3) is 15.9 Å². The third kappa shape index (κ3) is 2.93. The average Bonchev–Trinajstić information content (AvgIpc) is 3.07. The molecule has 3 rings (SSSR count). The zero-order chi connectivity index (χ0) is 19.3. The van der Waals surface area contributed by atoms with Gasteiger partial charge >= 0.3 is 0 Å². The van der Waals surface area contributed by atoms with Gasteiger partial charge in [-0.1, -0.05) is 24.6 Å². The molecule has 2 heterocycles. The van der Waals surface area contributed by atoms with Crippen molar-refractivity contribution in [3.8, 4) is 0 Å². The molecule has 1 aliphatic rings. The molecule has 0 saturated heterocycles. The number of aromatic nitrogens is 1. The van der Waals surface area contributed by atoms with E-state index in [1.807, 2.05) is 13.8 Å². The molecule has 2 N–H and O–H groups in total. The van der Waals surface area contributed by atoms with Crippen LogP contribution >= 0.6 is 0 Å². The average molecular weight is 397 g/mol. The number of carbonyl (C=O) groups is 1. The molecule has 8 nitrogen and oxygen atoms in total. The van der Waals surface area contributed by atoms with Crippen molar-refractivity contribution < 1.29 is 21.6 Å². The second-order valence-corrected chi connectivity index (χ2v) is 9.55. The first kappa shape index (κ1) is 18.6. The lowest BCUT2D eigenvalue weighted by Crippen LogP contribution is -2.28. The number of benzene rings is 1. The minimum Gasteiger partial charge on any atom is -0.333 e. The number of carbonyl (C=O) groups excluding carboxylic acids is 1. The van der Waals surface area contributed by atoms with E-state index in [1.54, 1.807) is 12.1 Å². The summed E-state index contributed by atoms with van der Waals surface area (Å²) >= 11 is 0. The number of nitrogens with two attached hydrogens (primary N) is 1. The molecule has 1 amide bonds. The summed E-state index contributed by atoms with van der Waals surface area (Å²) in [5, 5.41) is 5.24. The van der Waals surface area contributed by atoms with E-state index in [0.29, 0.717) is 13.0 Å². The molecule has 0 fully saturated rings. The van der Waals surface area contributed by atoms with Gasteiger partial charge < -0.3 is 4.90 Å². The number of sulfonamides is 1. The molecule has 2 aromatic rings. The fraction of sp³-hybridized carbons (Fsp3) is 0.312. The zero-order valence-electron chi connectivity index (χ0n) is 14.3. The summed E-state index contributed by atoms with van der Waals surface area (Å²) in [6, 6.07) is 6.08. The van der Waals surface area contributed by atoms with Crippen molar-refractivity contribution in [1.82, 2.24) is 8.87 Å². The molecule has 0 radical (unpaired) electrons. The summed E-state index contributed by atoms with van der Waals surface area (Å²) in [6.07, 6.45) is 1.59. The van der Waals surface area contributed by atoms with Crippen LogP contribution in [0.3, 0.4) is 0 Å². The van der Waals surface area contributed by atoms with Crippen molar-refractivity contribution in [3.05, 3.63) is 47.3 Å². The number of fused-ring (bicyclic) bond motifs is 1. The maximum Gasteiger partial charge on any atom is 0.272 e. The number of hydrogen-bond donors (Lipinski definition) is 1. The standard InChI is InChI=1S/C16H19N3O5S2/c1-3-8-18-9-13-14(25(17,21)22)10-19(15(13)16(18)20)26(23,24)12-6-4-11(2)5-7-12/h4-7,10H,3,8-9H2,1-2H3,(H2,17,21,22). The summed E-state index contributed by atoms with van der Waals surface area (Å²) in [6.45, 7) is 4.09. The van der Waals surface area contributed by atoms with Crippen molar-refractivity contribution >= 4 is 26.0 Å². The number of hydrogen-bond acceptors (Lipinski definition) is 5. The Bertz CT molecular complexity index is 1080. The molecular weight excluding hydrogens is 378 g/mol. The van der Waals surface area contributed by atoms with E-state index in [4.69, 9.17) is 5.14 Å². The van der Waals surface area contributed by atoms with Gasteiger partial charge in [0.05, 0.1) is 4.90 Å². The molecule has 1 aromatic carbocycles. The second-order valence-electron chi connectivity index (χ2n) is 6.21. The van der Waals surface area contributed by atoms with Gasteiger partial charge in [-0.2, -0.15) is 0 Å². The van der Waals surface area contributed by atoms with Gasteiger partial charge in [-0.25, -0.2) is 25.9 Å². The maximum atomic E-state index is 13.0. The maximum absolute atomic E-state index is 13.0. The number of amides is 1. The summed E-state index contributed by atoms with van der Waals surface area (Å²) in [5.41, 5.74) is 0.835. The van der Waals surface area contributed by atoms with Crippen molar-refractivity contribution in [2.75, 3.05) is 6.54 Å². The van der Waals surface area contributed by atoms with E-state index in [1.165, 1.54) is 17.0 Å². The molecule has 0 atom stereocenters. The quantitative estimate of drug-likeness (QED) is 0.808. The Labute approximate surface area is 152 Å². The fourth-order valence-corrected chi connectivity index (χ4v) is 5.20. The summed E-state index contributed by atoms with van der Waals surface area (Å²) in [4.78, 5) is 13.7. The molecule has 1 aliphatic heterocycles. The summed E-state index contributed by atoms with van der Waals surface area (Å²) in [5.74, 6) is -0.521. The Morgan fingerprint density at radius 2 is 1.73 bits per heavy atom. The van der Waals surface area contributed by atoms with Crippen LogP contribution in [-0.4, -0.2) is 38.2 Å². The Kier molecular flexibility index (Phi) is 4.45. The van der Waals surface area contributed by atoms with Crippen LogP contribution in [0.2, 0.25) is 0 Å². The van der Waals surface area contributed by atoms with E-state index in [0.717, 1.165) is 15.7 Å². The third-order valence-corrected chi connectivity index (χ3v) is 6.89. The molecular formula is C16H19N3O5S2. The largest absolute Gasteiger partial charge is 0.333 e. The van der Waals surface area contributed by atoms with Crippen LogP contribution in [0.4, 0.5) is 0 Å². The van der Waals surface area contributed by atoms with E-state index >= 15 is 0 Å². The highest BCUT2D eigenvalue weighted by Gasteiger charge is 2.39. The molecule has 0 saturated carbocycles. The van der Waals surface area contributed by atoms with E-state index < -0.39 is 26.0 Å². The Morgan fingerprint density at radius 1 is 1.12 bits per heavy atom. The predicted octanol–water partition coefficient (Wildman–Crippen LogP) is 1.05. The first-order valence-electron chi connectivity index (χ1n) is 7.96. The minimum atomic E-state index is -4.18. The molecule has 0 unspecified atom stereocenters. The highest BCUT2D eigenvalue weighted by molar-refractivity contribution is 7.90. The molecule has 10 heteroatoms. The van der Waals surface area contributed by atoms with Gasteiger partial charge in [0.1, 0.15) is 10.6 Å². The lowest BCUT2D eigenvalue weighted by Gasteiger charge is -2.16. The van der Waals surface area contributed by atoms with Crippen LogP contribution in [0, 0.1) is 6.92 Å². The number of rotatable bonds is 5. The van der Waals surface area contributed by atoms with Crippen molar-refractivity contribution in [2.45, 2.75) is 36.6 Å². The molecule has 140 valence electrons. The number of primary sulfonamides is 1. The zero-order valence-corrected chi connectivity index (χ0v) is 16.0. The van der Waals surface area contributed by atoms with Crippen LogP contribution < -0.4 is 5.14 Å². The lowest BCUT2D eigenvalue weighted by molar-refractivity contribution is 0.0771. The number of nitrogens with zero attached hydrogens (tertiary/aromatic N) is 2. The summed E-state index contributed by atoms with van der Waals surface area (Å²) in [7, 11) is -8.32. The van der Waals surface area contributed by atoms with Gasteiger partial charge in [-0.05, 0) is 25.5 Å². The van der Waals surface area contributed by atoms with Crippen LogP contribution in [0.1, 0.15) is 35.0 Å². The smallest absolute Gasteiger partial charge is 0.272 e. The first-order valence-corrected chi connectivity index (χ1v) is 10.9. The van der Waals surface area contributed by atoms with Gasteiger partial charge in [-0.3, -0.25) is 4.79 Å². The molecule has 1 aromatic heterocycles. The van der Waals surface area contributed by atoms with Crippen molar-refractivity contribution in [2.24, 2.45) is 5.14 Å². The fourth-order valence-electron chi connectivity index (χ4n) is 3.00. The van der Waals surface area contributed by atoms with Crippen LogP contribution in [0.5, 0.6) is 0 Å². The van der Waals surface area contributed by atoms with Crippen molar-refractivity contribution in [3.63, 3.8) is 0 Å². The number of aryl methyl sites for hydroxylation is 1. The normalized spacial score (nSPS) is 14.7. The van der Waals surface area contributed by atoms with Crippen LogP contribution in [0.25, 0.3) is 0 Å². The van der Waals surface area contributed by atoms with Crippen molar-refractivity contribution in [1.29, 1.82) is 0 Å². The Hall–Kier alpha value is -2.17. The van der Waals surface area contributed by atoms with Gasteiger partial charge in [0.15, 0.2) is 0 Å². The third-order valence-electron chi connectivity index (χ3n) is 4.25. The topological polar surface area (TPSA) is 120 Å². The SMILES string of the molecule is CCCN1Cc2c(S(N)(=O)=O)cn(S(=O)(=O)c3ccc(C)cc3)c2C1=O. The highest BCUT2D eigenvalue weighted by Crippen LogP contribution is 2.33. The van der Waals surface area contributed by atoms with E-state index in [9.17, 15) is 21.6 Å².